The number of piperidine rings is 2. The molecule has 0 aromatic heterocycles. The molecule has 0 spiro atoms. The minimum atomic E-state index is -3.49. The molecule has 2 aromatic carbocycles. The lowest BCUT2D eigenvalue weighted by molar-refractivity contribution is 0.158. The van der Waals surface area contributed by atoms with Crippen LogP contribution >= 0.6 is 23.2 Å². The Morgan fingerprint density at radius 2 is 1.53 bits per heavy atom. The van der Waals surface area contributed by atoms with Crippen LogP contribution in [0.4, 0.5) is 10.5 Å². The average Bonchev–Trinajstić information content (AvgIpc) is 2.84. The summed E-state index contributed by atoms with van der Waals surface area (Å²) in [5.74, 6) is 0. The largest absolute Gasteiger partial charge is 0.371 e. The van der Waals surface area contributed by atoms with Gasteiger partial charge < -0.3 is 15.1 Å². The third-order valence-electron chi connectivity index (χ3n) is 6.71. The third-order valence-corrected chi connectivity index (χ3v) is 9.06. The molecule has 2 aliphatic rings. The standard InChI is InChI=1S/C24H30Cl2N4O3S/c1-28(21-9-13-30(14-10-21)34(32,33)23-5-3-2-4-6-23)24(31)27-20-7-11-29(12-8-20)22-16-18(25)15-19(26)17-22/h2-6,15-17,20-21H,7-14H2,1H3,(H,27,31). The van der Waals surface area contributed by atoms with E-state index in [2.05, 4.69) is 10.2 Å². The Morgan fingerprint density at radius 3 is 2.12 bits per heavy atom. The minimum Gasteiger partial charge on any atom is -0.371 e. The van der Waals surface area contributed by atoms with Crippen molar-refractivity contribution in [1.29, 1.82) is 0 Å². The van der Waals surface area contributed by atoms with Gasteiger partial charge >= 0.3 is 6.03 Å². The number of carbonyl (C=O) groups is 1. The lowest BCUT2D eigenvalue weighted by Gasteiger charge is -2.38. The van der Waals surface area contributed by atoms with Crippen LogP contribution in [-0.2, 0) is 10.0 Å². The first-order valence-corrected chi connectivity index (χ1v) is 13.7. The molecule has 0 atom stereocenters. The van der Waals surface area contributed by atoms with Crippen LogP contribution in [0.2, 0.25) is 10.0 Å². The van der Waals surface area contributed by atoms with Gasteiger partial charge in [-0.15, -0.1) is 0 Å². The van der Waals surface area contributed by atoms with Gasteiger partial charge in [-0.25, -0.2) is 13.2 Å². The van der Waals surface area contributed by atoms with E-state index < -0.39 is 10.0 Å². The SMILES string of the molecule is CN(C(=O)NC1CCN(c2cc(Cl)cc(Cl)c2)CC1)C1CCN(S(=O)(=O)c2ccccc2)CC1. The maximum atomic E-state index is 12.9. The van der Waals surface area contributed by atoms with E-state index in [0.717, 1.165) is 31.6 Å². The zero-order valence-corrected chi connectivity index (χ0v) is 21.5. The molecule has 10 heteroatoms. The van der Waals surface area contributed by atoms with Gasteiger partial charge in [-0.2, -0.15) is 4.31 Å². The maximum absolute atomic E-state index is 12.9. The maximum Gasteiger partial charge on any atom is 0.317 e. The summed E-state index contributed by atoms with van der Waals surface area (Å²) in [4.78, 5) is 17.2. The van der Waals surface area contributed by atoms with Crippen LogP contribution in [0.25, 0.3) is 0 Å². The molecule has 1 N–H and O–H groups in total. The Labute approximate surface area is 211 Å². The minimum absolute atomic E-state index is 0.0101. The predicted molar refractivity (Wildman–Crippen MR) is 136 cm³/mol. The highest BCUT2D eigenvalue weighted by molar-refractivity contribution is 7.89. The zero-order valence-electron chi connectivity index (χ0n) is 19.2. The van der Waals surface area contributed by atoms with Gasteiger partial charge in [0.1, 0.15) is 0 Å². The molecule has 0 bridgehead atoms. The van der Waals surface area contributed by atoms with E-state index in [9.17, 15) is 13.2 Å². The molecule has 2 heterocycles. The quantitative estimate of drug-likeness (QED) is 0.626. The van der Waals surface area contributed by atoms with Gasteiger partial charge in [0.2, 0.25) is 10.0 Å². The van der Waals surface area contributed by atoms with E-state index in [-0.39, 0.29) is 18.1 Å². The molecule has 184 valence electrons. The second kappa shape index (κ2) is 10.7. The van der Waals surface area contributed by atoms with Gasteiger partial charge in [-0.1, -0.05) is 41.4 Å². The number of anilines is 1. The molecule has 0 saturated carbocycles. The van der Waals surface area contributed by atoms with E-state index in [1.54, 1.807) is 48.3 Å². The molecular weight excluding hydrogens is 495 g/mol. The Balaban J connectivity index is 1.25. The number of hydrogen-bond donors (Lipinski definition) is 1. The number of amides is 2. The monoisotopic (exact) mass is 524 g/mol. The Bertz CT molecular complexity index is 1080. The zero-order chi connectivity index (χ0) is 24.3. The van der Waals surface area contributed by atoms with E-state index in [4.69, 9.17) is 23.2 Å². The van der Waals surface area contributed by atoms with E-state index in [0.29, 0.717) is 40.9 Å². The second-order valence-corrected chi connectivity index (χ2v) is 11.7. The van der Waals surface area contributed by atoms with Crippen molar-refractivity contribution in [3.8, 4) is 0 Å². The normalized spacial score (nSPS) is 18.6. The second-order valence-electron chi connectivity index (χ2n) is 8.90. The van der Waals surface area contributed by atoms with Gasteiger partial charge in [0.25, 0.3) is 0 Å². The Morgan fingerprint density at radius 1 is 0.941 bits per heavy atom. The van der Waals surface area contributed by atoms with Gasteiger partial charge in [-0.3, -0.25) is 0 Å². The molecule has 0 unspecified atom stereocenters. The summed E-state index contributed by atoms with van der Waals surface area (Å²) >= 11 is 12.3. The first-order valence-electron chi connectivity index (χ1n) is 11.5. The molecule has 2 aliphatic heterocycles. The fourth-order valence-corrected chi connectivity index (χ4v) is 6.66. The highest BCUT2D eigenvalue weighted by Gasteiger charge is 2.32. The number of nitrogens with one attached hydrogen (secondary N) is 1. The van der Waals surface area contributed by atoms with Crippen LogP contribution in [-0.4, -0.2) is 69.0 Å². The number of sulfonamides is 1. The molecular formula is C24H30Cl2N4O3S. The van der Waals surface area contributed by atoms with Gasteiger partial charge in [-0.05, 0) is 56.0 Å². The summed E-state index contributed by atoms with van der Waals surface area (Å²) in [6.07, 6.45) is 2.89. The number of benzene rings is 2. The molecule has 0 radical (unpaired) electrons. The van der Waals surface area contributed by atoms with E-state index in [1.165, 1.54) is 4.31 Å². The van der Waals surface area contributed by atoms with Gasteiger partial charge in [0.05, 0.1) is 4.90 Å². The topological polar surface area (TPSA) is 73.0 Å². The Kier molecular flexibility index (Phi) is 7.92. The number of halogens is 2. The number of carbonyl (C=O) groups excluding carboxylic acids is 1. The van der Waals surface area contributed by atoms with Crippen molar-refractivity contribution in [3.63, 3.8) is 0 Å². The van der Waals surface area contributed by atoms with Crippen molar-refractivity contribution in [1.82, 2.24) is 14.5 Å². The van der Waals surface area contributed by atoms with Gasteiger partial charge in [0.15, 0.2) is 0 Å². The van der Waals surface area contributed by atoms with Crippen molar-refractivity contribution < 1.29 is 13.2 Å². The van der Waals surface area contributed by atoms with Crippen LogP contribution in [0, 0.1) is 0 Å². The first-order chi connectivity index (χ1) is 16.2. The van der Waals surface area contributed by atoms with Crippen LogP contribution in [0.1, 0.15) is 25.7 Å². The lowest BCUT2D eigenvalue weighted by Crippen LogP contribution is -2.53. The molecule has 2 fully saturated rings. The summed E-state index contributed by atoms with van der Waals surface area (Å²) < 4.78 is 27.2. The highest BCUT2D eigenvalue weighted by Crippen LogP contribution is 2.28. The van der Waals surface area contributed by atoms with Crippen LogP contribution in [0.3, 0.4) is 0 Å². The summed E-state index contributed by atoms with van der Waals surface area (Å²) in [5, 5.41) is 4.38. The number of hydrogen-bond acceptors (Lipinski definition) is 4. The first kappa shape index (κ1) is 25.1. The summed E-state index contributed by atoms with van der Waals surface area (Å²) in [6.45, 7) is 2.42. The third kappa shape index (κ3) is 5.79. The van der Waals surface area contributed by atoms with Crippen molar-refractivity contribution in [2.45, 2.75) is 42.7 Å². The van der Waals surface area contributed by atoms with E-state index >= 15 is 0 Å². The van der Waals surface area contributed by atoms with Crippen LogP contribution < -0.4 is 10.2 Å². The number of nitrogens with zero attached hydrogens (tertiary/aromatic N) is 3. The Hall–Kier alpha value is -2.00. The number of urea groups is 1. The van der Waals surface area contributed by atoms with Crippen LogP contribution in [0.15, 0.2) is 53.4 Å². The molecule has 0 aliphatic carbocycles. The van der Waals surface area contributed by atoms with Crippen molar-refractivity contribution >= 4 is 44.9 Å². The van der Waals surface area contributed by atoms with Crippen molar-refractivity contribution in [3.05, 3.63) is 58.6 Å². The fraction of sp³-hybridized carbons (Fsp3) is 0.458. The van der Waals surface area contributed by atoms with Crippen molar-refractivity contribution in [2.24, 2.45) is 0 Å². The smallest absolute Gasteiger partial charge is 0.317 e. The molecule has 2 saturated heterocycles. The number of rotatable bonds is 5. The molecule has 7 nitrogen and oxygen atoms in total. The molecule has 2 aromatic rings. The lowest BCUT2D eigenvalue weighted by atomic mass is 10.0. The molecule has 34 heavy (non-hydrogen) atoms. The van der Waals surface area contributed by atoms with Crippen LogP contribution in [0.5, 0.6) is 0 Å². The summed E-state index contributed by atoms with van der Waals surface area (Å²) in [5.41, 5.74) is 0.997. The fourth-order valence-electron chi connectivity index (χ4n) is 4.66. The van der Waals surface area contributed by atoms with Gasteiger partial charge in [0, 0.05) is 61.0 Å². The predicted octanol–water partition coefficient (Wildman–Crippen LogP) is 4.46. The molecule has 4 rings (SSSR count). The van der Waals surface area contributed by atoms with E-state index in [1.807, 2.05) is 12.1 Å². The van der Waals surface area contributed by atoms with Crippen molar-refractivity contribution in [2.75, 3.05) is 38.1 Å². The molecule has 2 amide bonds. The summed E-state index contributed by atoms with van der Waals surface area (Å²) in [7, 11) is -1.70. The average molecular weight is 526 g/mol. The summed E-state index contributed by atoms with van der Waals surface area (Å²) in [6, 6.07) is 14.0. The highest BCUT2D eigenvalue weighted by atomic mass is 35.5.